The van der Waals surface area contributed by atoms with Crippen LogP contribution in [-0.2, 0) is 6.42 Å². The van der Waals surface area contributed by atoms with Gasteiger partial charge in [0, 0.05) is 5.56 Å². The van der Waals surface area contributed by atoms with Gasteiger partial charge < -0.3 is 9.47 Å². The van der Waals surface area contributed by atoms with Crippen LogP contribution in [0, 0.1) is 0 Å². The second-order valence-electron chi connectivity index (χ2n) is 4.03. The standard InChI is InChI=1S/C16H22O2/c1-4-7-13-18-16-11-8-10-15(17-12-6-3)14(16)9-5-2/h5-6,8,10-11H,2-4,7,9,12-13H2,1H3. The summed E-state index contributed by atoms with van der Waals surface area (Å²) in [5.41, 5.74) is 1.06. The predicted octanol–water partition coefficient (Wildman–Crippen LogP) is 4.16. The fourth-order valence-corrected chi connectivity index (χ4v) is 1.64. The van der Waals surface area contributed by atoms with Gasteiger partial charge in [-0.25, -0.2) is 0 Å². The van der Waals surface area contributed by atoms with Gasteiger partial charge in [-0.1, -0.05) is 38.1 Å². The molecule has 0 amide bonds. The highest BCUT2D eigenvalue weighted by Crippen LogP contribution is 2.29. The average Bonchev–Trinajstić information content (AvgIpc) is 2.39. The summed E-state index contributed by atoms with van der Waals surface area (Å²) in [5.74, 6) is 1.74. The van der Waals surface area contributed by atoms with Crippen LogP contribution in [0.25, 0.3) is 0 Å². The maximum Gasteiger partial charge on any atom is 0.126 e. The number of hydrogen-bond acceptors (Lipinski definition) is 2. The molecule has 0 atom stereocenters. The first-order valence-electron chi connectivity index (χ1n) is 6.42. The third-order valence-corrected chi connectivity index (χ3v) is 2.55. The van der Waals surface area contributed by atoms with Gasteiger partial charge >= 0.3 is 0 Å². The van der Waals surface area contributed by atoms with E-state index < -0.39 is 0 Å². The van der Waals surface area contributed by atoms with Crippen molar-refractivity contribution in [3.63, 3.8) is 0 Å². The van der Waals surface area contributed by atoms with Crippen LogP contribution in [0.2, 0.25) is 0 Å². The third kappa shape index (κ3) is 4.28. The van der Waals surface area contributed by atoms with E-state index in [1.807, 2.05) is 24.3 Å². The maximum atomic E-state index is 5.80. The molecule has 1 aromatic carbocycles. The molecule has 0 bridgehead atoms. The van der Waals surface area contributed by atoms with Crippen molar-refractivity contribution in [2.75, 3.05) is 13.2 Å². The molecule has 0 N–H and O–H groups in total. The van der Waals surface area contributed by atoms with Crippen molar-refractivity contribution in [2.24, 2.45) is 0 Å². The molecule has 1 aromatic rings. The van der Waals surface area contributed by atoms with Crippen molar-refractivity contribution < 1.29 is 9.47 Å². The minimum atomic E-state index is 0.503. The van der Waals surface area contributed by atoms with Crippen molar-refractivity contribution in [1.82, 2.24) is 0 Å². The highest BCUT2D eigenvalue weighted by Gasteiger charge is 2.09. The molecule has 0 saturated heterocycles. The summed E-state index contributed by atoms with van der Waals surface area (Å²) in [6.45, 7) is 10.8. The second kappa shape index (κ2) is 8.40. The van der Waals surface area contributed by atoms with Gasteiger partial charge in [0.25, 0.3) is 0 Å². The van der Waals surface area contributed by atoms with E-state index in [9.17, 15) is 0 Å². The largest absolute Gasteiger partial charge is 0.493 e. The summed E-state index contributed by atoms with van der Waals surface area (Å²) in [6, 6.07) is 5.89. The molecule has 0 aliphatic carbocycles. The van der Waals surface area contributed by atoms with Gasteiger partial charge in [0.05, 0.1) is 6.61 Å². The zero-order valence-corrected chi connectivity index (χ0v) is 11.2. The normalized spacial score (nSPS) is 9.83. The van der Waals surface area contributed by atoms with Crippen molar-refractivity contribution >= 4 is 0 Å². The van der Waals surface area contributed by atoms with E-state index in [2.05, 4.69) is 20.1 Å². The van der Waals surface area contributed by atoms with Crippen LogP contribution in [0.1, 0.15) is 25.3 Å². The van der Waals surface area contributed by atoms with Crippen molar-refractivity contribution in [2.45, 2.75) is 26.2 Å². The smallest absolute Gasteiger partial charge is 0.126 e. The lowest BCUT2D eigenvalue weighted by Crippen LogP contribution is -2.03. The lowest BCUT2D eigenvalue weighted by atomic mass is 10.1. The van der Waals surface area contributed by atoms with Crippen molar-refractivity contribution in [3.8, 4) is 11.5 Å². The fraction of sp³-hybridized carbons (Fsp3) is 0.375. The van der Waals surface area contributed by atoms with E-state index in [-0.39, 0.29) is 0 Å². The van der Waals surface area contributed by atoms with Crippen LogP contribution in [-0.4, -0.2) is 13.2 Å². The summed E-state index contributed by atoms with van der Waals surface area (Å²) in [7, 11) is 0. The van der Waals surface area contributed by atoms with Crippen LogP contribution in [0.15, 0.2) is 43.5 Å². The van der Waals surface area contributed by atoms with E-state index >= 15 is 0 Å². The van der Waals surface area contributed by atoms with E-state index in [0.717, 1.165) is 42.9 Å². The molecule has 2 nitrogen and oxygen atoms in total. The van der Waals surface area contributed by atoms with Crippen LogP contribution >= 0.6 is 0 Å². The van der Waals surface area contributed by atoms with Gasteiger partial charge in [0.2, 0.25) is 0 Å². The molecule has 0 aliphatic heterocycles. The maximum absolute atomic E-state index is 5.80. The number of hydrogen-bond donors (Lipinski definition) is 0. The second-order valence-corrected chi connectivity index (χ2v) is 4.03. The van der Waals surface area contributed by atoms with Crippen LogP contribution < -0.4 is 9.47 Å². The minimum absolute atomic E-state index is 0.503. The highest BCUT2D eigenvalue weighted by atomic mass is 16.5. The number of ether oxygens (including phenoxy) is 2. The van der Waals surface area contributed by atoms with Gasteiger partial charge in [-0.15, -0.1) is 6.58 Å². The topological polar surface area (TPSA) is 18.5 Å². The quantitative estimate of drug-likeness (QED) is 0.481. The first-order valence-corrected chi connectivity index (χ1v) is 6.42. The Morgan fingerprint density at radius 1 is 1.11 bits per heavy atom. The Kier molecular flexibility index (Phi) is 6.70. The first-order chi connectivity index (χ1) is 8.83. The fourth-order valence-electron chi connectivity index (χ4n) is 1.64. The molecule has 0 aromatic heterocycles. The zero-order chi connectivity index (χ0) is 13.2. The third-order valence-electron chi connectivity index (χ3n) is 2.55. The molecule has 0 saturated carbocycles. The van der Waals surface area contributed by atoms with Crippen LogP contribution in [0.5, 0.6) is 11.5 Å². The van der Waals surface area contributed by atoms with Crippen LogP contribution in [0.3, 0.4) is 0 Å². The lowest BCUT2D eigenvalue weighted by molar-refractivity contribution is 0.301. The summed E-state index contributed by atoms with van der Waals surface area (Å²) in [6.07, 6.45) is 6.54. The molecule has 1 rings (SSSR count). The molecule has 18 heavy (non-hydrogen) atoms. The Labute approximate surface area is 110 Å². The van der Waals surface area contributed by atoms with Crippen molar-refractivity contribution in [3.05, 3.63) is 49.1 Å². The van der Waals surface area contributed by atoms with Crippen LogP contribution in [0.4, 0.5) is 0 Å². The molecule has 98 valence electrons. The van der Waals surface area contributed by atoms with Gasteiger partial charge in [-0.05, 0) is 25.0 Å². The molecule has 0 aliphatic rings. The molecular weight excluding hydrogens is 224 g/mol. The Balaban J connectivity index is 2.85. The number of benzene rings is 1. The summed E-state index contributed by atoms with van der Waals surface area (Å²) >= 11 is 0. The van der Waals surface area contributed by atoms with Gasteiger partial charge in [-0.3, -0.25) is 0 Å². The molecule has 0 heterocycles. The SMILES string of the molecule is C=CCOc1cccc(OCCCC)c1CC=C. The molecule has 0 spiro atoms. The number of unbranched alkanes of at least 4 members (excludes halogenated alkanes) is 1. The van der Waals surface area contributed by atoms with Gasteiger partial charge in [0.1, 0.15) is 18.1 Å². The Bertz CT molecular complexity index is 383. The average molecular weight is 246 g/mol. The molecule has 0 fully saturated rings. The van der Waals surface area contributed by atoms with E-state index in [4.69, 9.17) is 9.47 Å². The first kappa shape index (κ1) is 14.4. The Morgan fingerprint density at radius 3 is 2.44 bits per heavy atom. The highest BCUT2D eigenvalue weighted by molar-refractivity contribution is 5.46. The summed E-state index contributed by atoms with van der Waals surface area (Å²) in [4.78, 5) is 0. The Morgan fingerprint density at radius 2 is 1.83 bits per heavy atom. The van der Waals surface area contributed by atoms with E-state index in [0.29, 0.717) is 6.61 Å². The molecule has 0 radical (unpaired) electrons. The van der Waals surface area contributed by atoms with Gasteiger partial charge in [0.15, 0.2) is 0 Å². The zero-order valence-electron chi connectivity index (χ0n) is 11.2. The summed E-state index contributed by atoms with van der Waals surface area (Å²) < 4.78 is 11.4. The molecular formula is C16H22O2. The summed E-state index contributed by atoms with van der Waals surface area (Å²) in [5, 5.41) is 0. The minimum Gasteiger partial charge on any atom is -0.493 e. The number of rotatable bonds is 9. The predicted molar refractivity (Wildman–Crippen MR) is 76.4 cm³/mol. The lowest BCUT2D eigenvalue weighted by Gasteiger charge is -2.14. The van der Waals surface area contributed by atoms with Gasteiger partial charge in [-0.2, -0.15) is 0 Å². The van der Waals surface area contributed by atoms with Crippen molar-refractivity contribution in [1.29, 1.82) is 0 Å². The number of allylic oxidation sites excluding steroid dienone is 1. The van der Waals surface area contributed by atoms with E-state index in [1.165, 1.54) is 0 Å². The monoisotopic (exact) mass is 246 g/mol. The van der Waals surface area contributed by atoms with E-state index in [1.54, 1.807) is 6.08 Å². The molecule has 2 heteroatoms. The Hall–Kier alpha value is -1.70. The molecule has 0 unspecified atom stereocenters.